The third-order valence-corrected chi connectivity index (χ3v) is 4.80. The SMILES string of the molecule is C(=N/Nc1nc(-c2ccccc2)cs1)/c1cccc(OCc2ccccc2)c1. The third-order valence-electron chi connectivity index (χ3n) is 4.05. The van der Waals surface area contributed by atoms with Crippen molar-refractivity contribution in [2.45, 2.75) is 6.61 Å². The number of thiazole rings is 1. The van der Waals surface area contributed by atoms with Crippen LogP contribution < -0.4 is 10.2 Å². The predicted octanol–water partition coefficient (Wildman–Crippen LogP) is 5.84. The van der Waals surface area contributed by atoms with Crippen LogP contribution in [0.4, 0.5) is 5.13 Å². The van der Waals surface area contributed by atoms with Crippen molar-refractivity contribution < 1.29 is 4.74 Å². The number of aromatic nitrogens is 1. The summed E-state index contributed by atoms with van der Waals surface area (Å²) in [5.41, 5.74) is 7.13. The van der Waals surface area contributed by atoms with Gasteiger partial charge in [-0.15, -0.1) is 11.3 Å². The Kier molecular flexibility index (Phi) is 5.75. The summed E-state index contributed by atoms with van der Waals surface area (Å²) >= 11 is 1.53. The molecular weight excluding hydrogens is 366 g/mol. The minimum atomic E-state index is 0.543. The first kappa shape index (κ1) is 17.9. The summed E-state index contributed by atoms with van der Waals surface area (Å²) in [6, 6.07) is 28.1. The number of nitrogens with zero attached hydrogens (tertiary/aromatic N) is 2. The maximum Gasteiger partial charge on any atom is 0.203 e. The molecule has 0 aliphatic rings. The topological polar surface area (TPSA) is 46.5 Å². The van der Waals surface area contributed by atoms with Crippen molar-refractivity contribution >= 4 is 22.7 Å². The summed E-state index contributed by atoms with van der Waals surface area (Å²) in [6.07, 6.45) is 1.76. The molecule has 0 amide bonds. The van der Waals surface area contributed by atoms with E-state index in [9.17, 15) is 0 Å². The predicted molar refractivity (Wildman–Crippen MR) is 116 cm³/mol. The van der Waals surface area contributed by atoms with Gasteiger partial charge in [0.05, 0.1) is 11.9 Å². The molecule has 0 unspecified atom stereocenters. The van der Waals surface area contributed by atoms with Crippen LogP contribution >= 0.6 is 11.3 Å². The first-order valence-electron chi connectivity index (χ1n) is 8.94. The van der Waals surface area contributed by atoms with Crippen LogP contribution in [0.5, 0.6) is 5.75 Å². The minimum absolute atomic E-state index is 0.543. The van der Waals surface area contributed by atoms with E-state index in [-0.39, 0.29) is 0 Å². The molecule has 0 saturated carbocycles. The van der Waals surface area contributed by atoms with E-state index in [1.807, 2.05) is 90.3 Å². The summed E-state index contributed by atoms with van der Waals surface area (Å²) in [6.45, 7) is 0.543. The molecule has 1 aromatic heterocycles. The average Bonchev–Trinajstić information content (AvgIpc) is 3.23. The van der Waals surface area contributed by atoms with Gasteiger partial charge >= 0.3 is 0 Å². The van der Waals surface area contributed by atoms with E-state index in [1.165, 1.54) is 11.3 Å². The molecule has 4 aromatic rings. The van der Waals surface area contributed by atoms with Crippen molar-refractivity contribution in [1.29, 1.82) is 0 Å². The number of rotatable bonds is 7. The first-order chi connectivity index (χ1) is 13.9. The molecule has 3 aromatic carbocycles. The standard InChI is InChI=1S/C23H19N3OS/c1-3-8-18(9-4-1)16-27-21-13-7-10-19(14-21)15-24-26-23-25-22(17-28-23)20-11-5-2-6-12-20/h1-15,17H,16H2,(H,25,26)/b24-15-. The zero-order chi connectivity index (χ0) is 19.0. The molecule has 0 aliphatic heterocycles. The summed E-state index contributed by atoms with van der Waals surface area (Å²) in [5.74, 6) is 0.813. The average molecular weight is 385 g/mol. The van der Waals surface area contributed by atoms with Gasteiger partial charge in [-0.05, 0) is 23.3 Å². The van der Waals surface area contributed by atoms with Gasteiger partial charge < -0.3 is 4.74 Å². The Labute approximate surface area is 168 Å². The lowest BCUT2D eigenvalue weighted by atomic mass is 10.2. The van der Waals surface area contributed by atoms with Gasteiger partial charge in [-0.25, -0.2) is 4.98 Å². The molecule has 1 N–H and O–H groups in total. The number of ether oxygens (including phenoxy) is 1. The van der Waals surface area contributed by atoms with Gasteiger partial charge in [0.1, 0.15) is 12.4 Å². The highest BCUT2D eigenvalue weighted by Crippen LogP contribution is 2.24. The van der Waals surface area contributed by atoms with Crippen LogP contribution in [0, 0.1) is 0 Å². The van der Waals surface area contributed by atoms with Crippen molar-refractivity contribution in [2.75, 3.05) is 5.43 Å². The van der Waals surface area contributed by atoms with Gasteiger partial charge in [-0.3, -0.25) is 5.43 Å². The fraction of sp³-hybridized carbons (Fsp3) is 0.0435. The Morgan fingerprint density at radius 3 is 2.54 bits per heavy atom. The summed E-state index contributed by atoms with van der Waals surface area (Å²) in [7, 11) is 0. The van der Waals surface area contributed by atoms with Gasteiger partial charge in [-0.2, -0.15) is 5.10 Å². The van der Waals surface area contributed by atoms with Crippen molar-refractivity contribution in [3.63, 3.8) is 0 Å². The summed E-state index contributed by atoms with van der Waals surface area (Å²) in [4.78, 5) is 4.56. The Morgan fingerprint density at radius 2 is 1.71 bits per heavy atom. The highest BCUT2D eigenvalue weighted by Gasteiger charge is 2.03. The van der Waals surface area contributed by atoms with E-state index in [2.05, 4.69) is 15.5 Å². The van der Waals surface area contributed by atoms with Crippen LogP contribution in [0.2, 0.25) is 0 Å². The zero-order valence-corrected chi connectivity index (χ0v) is 16.0. The van der Waals surface area contributed by atoms with Crippen LogP contribution in [0.3, 0.4) is 0 Å². The lowest BCUT2D eigenvalue weighted by Crippen LogP contribution is -1.96. The number of anilines is 1. The van der Waals surface area contributed by atoms with Crippen molar-refractivity contribution in [1.82, 2.24) is 4.98 Å². The quantitative estimate of drug-likeness (QED) is 0.321. The van der Waals surface area contributed by atoms with Crippen LogP contribution in [-0.4, -0.2) is 11.2 Å². The lowest BCUT2D eigenvalue weighted by Gasteiger charge is -2.06. The maximum atomic E-state index is 5.86. The van der Waals surface area contributed by atoms with E-state index in [0.29, 0.717) is 6.61 Å². The van der Waals surface area contributed by atoms with E-state index in [4.69, 9.17) is 4.74 Å². The number of hydrogen-bond acceptors (Lipinski definition) is 5. The number of nitrogens with one attached hydrogen (secondary N) is 1. The van der Waals surface area contributed by atoms with E-state index in [1.54, 1.807) is 6.21 Å². The highest BCUT2D eigenvalue weighted by atomic mass is 32.1. The Balaban J connectivity index is 1.35. The summed E-state index contributed by atoms with van der Waals surface area (Å²) < 4.78 is 5.86. The molecule has 4 nitrogen and oxygen atoms in total. The Morgan fingerprint density at radius 1 is 0.929 bits per heavy atom. The minimum Gasteiger partial charge on any atom is -0.489 e. The van der Waals surface area contributed by atoms with Gasteiger partial charge in [-0.1, -0.05) is 72.8 Å². The van der Waals surface area contributed by atoms with Crippen LogP contribution in [0.25, 0.3) is 11.3 Å². The zero-order valence-electron chi connectivity index (χ0n) is 15.2. The molecule has 4 rings (SSSR count). The molecule has 28 heavy (non-hydrogen) atoms. The van der Waals surface area contributed by atoms with Crippen molar-refractivity contribution in [3.8, 4) is 17.0 Å². The Bertz CT molecular complexity index is 1050. The maximum absolute atomic E-state index is 5.86. The first-order valence-corrected chi connectivity index (χ1v) is 9.81. The highest BCUT2D eigenvalue weighted by molar-refractivity contribution is 7.14. The largest absolute Gasteiger partial charge is 0.489 e. The Hall–Kier alpha value is -3.44. The smallest absolute Gasteiger partial charge is 0.203 e. The second-order valence-corrected chi connectivity index (χ2v) is 6.98. The van der Waals surface area contributed by atoms with Gasteiger partial charge in [0, 0.05) is 10.9 Å². The molecule has 0 spiro atoms. The second kappa shape index (κ2) is 8.97. The molecule has 0 saturated heterocycles. The van der Waals surface area contributed by atoms with Crippen LogP contribution in [0.15, 0.2) is 95.4 Å². The van der Waals surface area contributed by atoms with E-state index >= 15 is 0 Å². The molecule has 1 heterocycles. The molecule has 0 aliphatic carbocycles. The van der Waals surface area contributed by atoms with Gasteiger partial charge in [0.25, 0.3) is 0 Å². The molecule has 138 valence electrons. The number of hydrogen-bond donors (Lipinski definition) is 1. The number of benzene rings is 3. The molecule has 0 radical (unpaired) electrons. The molecule has 0 fully saturated rings. The lowest BCUT2D eigenvalue weighted by molar-refractivity contribution is 0.306. The van der Waals surface area contributed by atoms with Crippen LogP contribution in [-0.2, 0) is 6.61 Å². The second-order valence-electron chi connectivity index (χ2n) is 6.12. The van der Waals surface area contributed by atoms with E-state index in [0.717, 1.165) is 33.3 Å². The van der Waals surface area contributed by atoms with Crippen molar-refractivity contribution in [3.05, 3.63) is 101 Å². The number of hydrazone groups is 1. The molecular formula is C23H19N3OS. The third kappa shape index (κ3) is 4.84. The van der Waals surface area contributed by atoms with Gasteiger partial charge in [0.2, 0.25) is 5.13 Å². The van der Waals surface area contributed by atoms with E-state index < -0.39 is 0 Å². The summed E-state index contributed by atoms with van der Waals surface area (Å²) in [5, 5.41) is 7.07. The molecule has 5 heteroatoms. The van der Waals surface area contributed by atoms with Crippen LogP contribution in [0.1, 0.15) is 11.1 Å². The monoisotopic (exact) mass is 385 g/mol. The van der Waals surface area contributed by atoms with Gasteiger partial charge in [0.15, 0.2) is 0 Å². The molecule has 0 bridgehead atoms. The normalized spacial score (nSPS) is 10.9. The fourth-order valence-electron chi connectivity index (χ4n) is 2.65. The van der Waals surface area contributed by atoms with Crippen molar-refractivity contribution in [2.24, 2.45) is 5.10 Å². The fourth-order valence-corrected chi connectivity index (χ4v) is 3.32. The molecule has 0 atom stereocenters.